The Morgan fingerprint density at radius 2 is 1.79 bits per heavy atom. The van der Waals surface area contributed by atoms with E-state index in [0.29, 0.717) is 18.7 Å². The number of amides is 1. The van der Waals surface area contributed by atoms with Crippen molar-refractivity contribution in [3.63, 3.8) is 0 Å². The molecule has 0 radical (unpaired) electrons. The standard InChI is InChI=1S/C22H26N2O3S/c1-2-19-8-5-6-15-24(19)28(26,27)20-12-10-18(11-13-20)22(25)23-16-14-17-7-3-4-9-21(17)23/h3-4,7,9-13,19H,2,5-6,8,14-16H2,1H3. The van der Waals surface area contributed by atoms with Crippen molar-refractivity contribution in [2.45, 2.75) is 50.0 Å². The highest BCUT2D eigenvalue weighted by atomic mass is 32.2. The number of anilines is 1. The van der Waals surface area contributed by atoms with E-state index in [9.17, 15) is 13.2 Å². The number of carbonyl (C=O) groups is 1. The zero-order valence-electron chi connectivity index (χ0n) is 16.2. The van der Waals surface area contributed by atoms with Gasteiger partial charge < -0.3 is 4.90 Å². The number of sulfonamides is 1. The van der Waals surface area contributed by atoms with E-state index < -0.39 is 10.0 Å². The number of piperidine rings is 1. The Bertz CT molecular complexity index is 970. The molecule has 0 spiro atoms. The first-order valence-corrected chi connectivity index (χ1v) is 11.5. The van der Waals surface area contributed by atoms with Crippen LogP contribution in [0.5, 0.6) is 0 Å². The van der Waals surface area contributed by atoms with Gasteiger partial charge in [-0.3, -0.25) is 4.79 Å². The second kappa shape index (κ2) is 7.68. The van der Waals surface area contributed by atoms with E-state index in [0.717, 1.165) is 37.8 Å². The highest BCUT2D eigenvalue weighted by Crippen LogP contribution is 2.30. The zero-order chi connectivity index (χ0) is 19.7. The molecule has 1 unspecified atom stereocenters. The van der Waals surface area contributed by atoms with Gasteiger partial charge in [0.2, 0.25) is 10.0 Å². The van der Waals surface area contributed by atoms with Gasteiger partial charge in [0, 0.05) is 30.4 Å². The van der Waals surface area contributed by atoms with Gasteiger partial charge in [-0.15, -0.1) is 0 Å². The van der Waals surface area contributed by atoms with Gasteiger partial charge in [0.1, 0.15) is 0 Å². The lowest BCUT2D eigenvalue weighted by atomic mass is 10.0. The molecule has 2 aromatic rings. The molecule has 5 nitrogen and oxygen atoms in total. The van der Waals surface area contributed by atoms with E-state index >= 15 is 0 Å². The third-order valence-electron chi connectivity index (χ3n) is 5.88. The van der Waals surface area contributed by atoms with Crippen LogP contribution in [0.1, 0.15) is 48.5 Å². The second-order valence-electron chi connectivity index (χ2n) is 7.53. The molecular formula is C22H26N2O3S. The minimum absolute atomic E-state index is 0.0705. The van der Waals surface area contributed by atoms with Crippen LogP contribution >= 0.6 is 0 Å². The maximum Gasteiger partial charge on any atom is 0.258 e. The van der Waals surface area contributed by atoms with Gasteiger partial charge in [-0.25, -0.2) is 8.42 Å². The van der Waals surface area contributed by atoms with Crippen molar-refractivity contribution in [3.8, 4) is 0 Å². The first kappa shape index (κ1) is 19.2. The average molecular weight is 399 g/mol. The number of carbonyl (C=O) groups excluding carboxylic acids is 1. The lowest BCUT2D eigenvalue weighted by molar-refractivity contribution is 0.0989. The van der Waals surface area contributed by atoms with Crippen molar-refractivity contribution in [1.29, 1.82) is 0 Å². The predicted molar refractivity (Wildman–Crippen MR) is 110 cm³/mol. The Labute approximate surface area is 167 Å². The van der Waals surface area contributed by atoms with Crippen LogP contribution in [-0.4, -0.2) is 37.8 Å². The average Bonchev–Trinajstić information content (AvgIpc) is 3.17. The zero-order valence-corrected chi connectivity index (χ0v) is 17.0. The smallest absolute Gasteiger partial charge is 0.258 e. The Balaban J connectivity index is 1.56. The van der Waals surface area contributed by atoms with Crippen LogP contribution in [0.2, 0.25) is 0 Å². The quantitative estimate of drug-likeness (QED) is 0.786. The van der Waals surface area contributed by atoms with Crippen LogP contribution in [-0.2, 0) is 16.4 Å². The molecule has 1 amide bonds. The molecule has 1 fully saturated rings. The van der Waals surface area contributed by atoms with Crippen LogP contribution in [0.25, 0.3) is 0 Å². The summed E-state index contributed by atoms with van der Waals surface area (Å²) in [6, 6.07) is 14.4. The number of nitrogens with zero attached hydrogens (tertiary/aromatic N) is 2. The summed E-state index contributed by atoms with van der Waals surface area (Å²) in [5, 5.41) is 0. The van der Waals surface area contributed by atoms with Crippen molar-refractivity contribution in [1.82, 2.24) is 4.31 Å². The van der Waals surface area contributed by atoms with Crippen LogP contribution in [0, 0.1) is 0 Å². The molecule has 4 rings (SSSR count). The Kier molecular flexibility index (Phi) is 5.25. The Morgan fingerprint density at radius 1 is 1.04 bits per heavy atom. The monoisotopic (exact) mass is 398 g/mol. The first-order chi connectivity index (χ1) is 13.5. The maximum atomic E-state index is 13.1. The fraction of sp³-hybridized carbons (Fsp3) is 0.409. The van der Waals surface area contributed by atoms with Crippen LogP contribution < -0.4 is 4.90 Å². The summed E-state index contributed by atoms with van der Waals surface area (Å²) < 4.78 is 27.8. The van der Waals surface area contributed by atoms with Crippen molar-refractivity contribution in [2.24, 2.45) is 0 Å². The summed E-state index contributed by atoms with van der Waals surface area (Å²) in [7, 11) is -3.53. The minimum atomic E-state index is -3.53. The van der Waals surface area contributed by atoms with Gasteiger partial charge in [0.15, 0.2) is 0 Å². The molecule has 2 aromatic carbocycles. The number of rotatable bonds is 4. The van der Waals surface area contributed by atoms with Crippen molar-refractivity contribution in [2.75, 3.05) is 18.0 Å². The van der Waals surface area contributed by atoms with Crippen molar-refractivity contribution in [3.05, 3.63) is 59.7 Å². The largest absolute Gasteiger partial charge is 0.308 e. The summed E-state index contributed by atoms with van der Waals surface area (Å²) >= 11 is 0. The molecule has 1 saturated heterocycles. The molecule has 0 aliphatic carbocycles. The van der Waals surface area contributed by atoms with Gasteiger partial charge >= 0.3 is 0 Å². The molecule has 148 valence electrons. The van der Waals surface area contributed by atoms with Gasteiger partial charge in [0.05, 0.1) is 4.90 Å². The maximum absolute atomic E-state index is 13.1. The summed E-state index contributed by atoms with van der Waals surface area (Å²) in [5.74, 6) is -0.0849. The lowest BCUT2D eigenvalue weighted by Crippen LogP contribution is -2.43. The van der Waals surface area contributed by atoms with Crippen LogP contribution in [0.15, 0.2) is 53.4 Å². The second-order valence-corrected chi connectivity index (χ2v) is 9.42. The molecular weight excluding hydrogens is 372 g/mol. The minimum Gasteiger partial charge on any atom is -0.308 e. The fourth-order valence-corrected chi connectivity index (χ4v) is 6.08. The third kappa shape index (κ3) is 3.35. The molecule has 1 atom stereocenters. The molecule has 0 N–H and O–H groups in total. The van der Waals surface area contributed by atoms with Gasteiger partial charge in [0.25, 0.3) is 5.91 Å². The Morgan fingerprint density at radius 3 is 2.54 bits per heavy atom. The molecule has 6 heteroatoms. The van der Waals surface area contributed by atoms with Crippen molar-refractivity contribution >= 4 is 21.6 Å². The number of hydrogen-bond donors (Lipinski definition) is 0. The van der Waals surface area contributed by atoms with E-state index in [1.54, 1.807) is 33.5 Å². The number of benzene rings is 2. The molecule has 2 heterocycles. The number of fused-ring (bicyclic) bond motifs is 1. The van der Waals surface area contributed by atoms with Crippen LogP contribution in [0.3, 0.4) is 0 Å². The first-order valence-electron chi connectivity index (χ1n) is 10.0. The Hall–Kier alpha value is -2.18. The van der Waals surface area contributed by atoms with E-state index in [1.165, 1.54) is 5.56 Å². The van der Waals surface area contributed by atoms with E-state index in [-0.39, 0.29) is 16.8 Å². The van der Waals surface area contributed by atoms with E-state index in [2.05, 4.69) is 0 Å². The fourth-order valence-electron chi connectivity index (χ4n) is 4.31. The predicted octanol–water partition coefficient (Wildman–Crippen LogP) is 3.84. The normalized spacial score (nSPS) is 20.2. The number of para-hydroxylation sites is 1. The number of hydrogen-bond acceptors (Lipinski definition) is 3. The van der Waals surface area contributed by atoms with E-state index in [1.807, 2.05) is 31.2 Å². The summed E-state index contributed by atoms with van der Waals surface area (Å²) in [6.07, 6.45) is 4.57. The highest BCUT2D eigenvalue weighted by molar-refractivity contribution is 7.89. The van der Waals surface area contributed by atoms with Gasteiger partial charge in [-0.1, -0.05) is 31.5 Å². The molecule has 0 saturated carbocycles. The summed E-state index contributed by atoms with van der Waals surface area (Å²) in [4.78, 5) is 15.0. The molecule has 2 aliphatic heterocycles. The molecule has 28 heavy (non-hydrogen) atoms. The highest BCUT2D eigenvalue weighted by Gasteiger charge is 2.32. The topological polar surface area (TPSA) is 57.7 Å². The van der Waals surface area contributed by atoms with Crippen molar-refractivity contribution < 1.29 is 13.2 Å². The lowest BCUT2D eigenvalue weighted by Gasteiger charge is -2.34. The molecule has 0 aromatic heterocycles. The summed E-state index contributed by atoms with van der Waals surface area (Å²) in [5.41, 5.74) is 2.63. The summed E-state index contributed by atoms with van der Waals surface area (Å²) in [6.45, 7) is 3.27. The van der Waals surface area contributed by atoms with Crippen LogP contribution in [0.4, 0.5) is 5.69 Å². The van der Waals surface area contributed by atoms with E-state index in [4.69, 9.17) is 0 Å². The SMILES string of the molecule is CCC1CCCCN1S(=O)(=O)c1ccc(C(=O)N2CCc3ccccc32)cc1. The molecule has 2 aliphatic rings. The van der Waals surface area contributed by atoms with Gasteiger partial charge in [-0.05, 0) is 61.6 Å². The molecule has 0 bridgehead atoms. The third-order valence-corrected chi connectivity index (χ3v) is 7.85. The van der Waals surface area contributed by atoms with Gasteiger partial charge in [-0.2, -0.15) is 4.31 Å².